The van der Waals surface area contributed by atoms with Crippen LogP contribution in [-0.2, 0) is 4.79 Å². The first kappa shape index (κ1) is 18.6. The Morgan fingerprint density at radius 3 is 2.57 bits per heavy atom. The second-order valence-corrected chi connectivity index (χ2v) is 7.38. The summed E-state index contributed by atoms with van der Waals surface area (Å²) in [7, 11) is 0. The molecule has 1 fully saturated rings. The zero-order chi connectivity index (χ0) is 19.5. The number of rotatable bonds is 3. The number of amides is 2. The highest BCUT2D eigenvalue weighted by molar-refractivity contribution is 6.30. The Morgan fingerprint density at radius 1 is 1.04 bits per heavy atom. The molecule has 1 N–H and O–H groups in total. The van der Waals surface area contributed by atoms with Gasteiger partial charge in [0.05, 0.1) is 5.92 Å². The van der Waals surface area contributed by atoms with E-state index in [9.17, 15) is 9.59 Å². The van der Waals surface area contributed by atoms with E-state index in [-0.39, 0.29) is 17.7 Å². The number of nitrogens with zero attached hydrogens (tertiary/aromatic N) is 1. The van der Waals surface area contributed by atoms with Crippen LogP contribution in [0.1, 0.15) is 23.2 Å². The van der Waals surface area contributed by atoms with Gasteiger partial charge in [-0.25, -0.2) is 0 Å². The van der Waals surface area contributed by atoms with Crippen molar-refractivity contribution in [2.75, 3.05) is 31.6 Å². The summed E-state index contributed by atoms with van der Waals surface area (Å²) >= 11 is 5.89. The maximum Gasteiger partial charge on any atom is 0.253 e. The van der Waals surface area contributed by atoms with Crippen molar-refractivity contribution in [2.24, 2.45) is 5.92 Å². The van der Waals surface area contributed by atoms with Crippen LogP contribution < -0.4 is 14.8 Å². The van der Waals surface area contributed by atoms with Crippen LogP contribution in [0.25, 0.3) is 0 Å². The molecule has 1 saturated heterocycles. The molecule has 0 bridgehead atoms. The molecule has 2 aliphatic rings. The smallest absolute Gasteiger partial charge is 0.253 e. The number of hydrogen-bond acceptors (Lipinski definition) is 4. The standard InChI is InChI=1S/C21H21ClN2O4/c22-16-5-3-14(4-6-16)21(26)24-9-1-2-15(13-24)20(25)23-17-7-8-18-19(12-17)28-11-10-27-18/h3-8,12,15H,1-2,9-11,13H2,(H,23,25)/t15-/m1/s1. The topological polar surface area (TPSA) is 67.9 Å². The van der Waals surface area contributed by atoms with Crippen LogP contribution in [0.2, 0.25) is 5.02 Å². The molecule has 0 saturated carbocycles. The van der Waals surface area contributed by atoms with Gasteiger partial charge in [-0.1, -0.05) is 11.6 Å². The minimum atomic E-state index is -0.252. The molecule has 6 nitrogen and oxygen atoms in total. The molecular formula is C21H21ClN2O4. The van der Waals surface area contributed by atoms with Crippen molar-refractivity contribution in [3.8, 4) is 11.5 Å². The molecule has 0 spiro atoms. The monoisotopic (exact) mass is 400 g/mol. The lowest BCUT2D eigenvalue weighted by atomic mass is 9.96. The molecule has 0 radical (unpaired) electrons. The Kier molecular flexibility index (Phi) is 5.39. The number of benzene rings is 2. The molecule has 2 amide bonds. The van der Waals surface area contributed by atoms with Gasteiger partial charge in [0.25, 0.3) is 5.91 Å². The van der Waals surface area contributed by atoms with Crippen molar-refractivity contribution < 1.29 is 19.1 Å². The number of anilines is 1. The molecule has 0 aromatic heterocycles. The molecule has 146 valence electrons. The predicted octanol–water partition coefficient (Wildman–Crippen LogP) is 3.60. The normalized spacial score (nSPS) is 18.5. The van der Waals surface area contributed by atoms with Crippen LogP contribution in [0.15, 0.2) is 42.5 Å². The molecule has 2 aromatic rings. The number of halogens is 1. The van der Waals surface area contributed by atoms with Gasteiger partial charge in [-0.3, -0.25) is 9.59 Å². The fraction of sp³-hybridized carbons (Fsp3) is 0.333. The van der Waals surface area contributed by atoms with E-state index in [4.69, 9.17) is 21.1 Å². The summed E-state index contributed by atoms with van der Waals surface area (Å²) in [5.41, 5.74) is 1.24. The number of ether oxygens (including phenoxy) is 2. The van der Waals surface area contributed by atoms with Crippen LogP contribution in [0.5, 0.6) is 11.5 Å². The number of hydrogen-bond donors (Lipinski definition) is 1. The predicted molar refractivity (Wildman–Crippen MR) is 106 cm³/mol. The van der Waals surface area contributed by atoms with E-state index >= 15 is 0 Å². The summed E-state index contributed by atoms with van der Waals surface area (Å²) in [5.74, 6) is 0.894. The van der Waals surface area contributed by atoms with Crippen molar-refractivity contribution in [3.05, 3.63) is 53.1 Å². The van der Waals surface area contributed by atoms with E-state index < -0.39 is 0 Å². The fourth-order valence-electron chi connectivity index (χ4n) is 3.52. The lowest BCUT2D eigenvalue weighted by Crippen LogP contribution is -2.43. The molecule has 2 aliphatic heterocycles. The number of carbonyl (C=O) groups is 2. The molecule has 2 heterocycles. The first-order valence-electron chi connectivity index (χ1n) is 9.35. The van der Waals surface area contributed by atoms with Crippen LogP contribution >= 0.6 is 11.6 Å². The second kappa shape index (κ2) is 8.10. The Morgan fingerprint density at radius 2 is 1.79 bits per heavy atom. The number of nitrogens with one attached hydrogen (secondary N) is 1. The largest absolute Gasteiger partial charge is 0.486 e. The highest BCUT2D eigenvalue weighted by atomic mass is 35.5. The van der Waals surface area contributed by atoms with Crippen LogP contribution in [0.4, 0.5) is 5.69 Å². The maximum absolute atomic E-state index is 12.7. The lowest BCUT2D eigenvalue weighted by Gasteiger charge is -2.32. The van der Waals surface area contributed by atoms with E-state index in [2.05, 4.69) is 5.32 Å². The summed E-state index contributed by atoms with van der Waals surface area (Å²) in [6.45, 7) is 2.07. The maximum atomic E-state index is 12.7. The third-order valence-corrected chi connectivity index (χ3v) is 5.23. The van der Waals surface area contributed by atoms with E-state index in [1.807, 2.05) is 0 Å². The summed E-state index contributed by atoms with van der Waals surface area (Å²) in [6.07, 6.45) is 1.54. The average Bonchev–Trinajstić information content (AvgIpc) is 2.74. The molecule has 2 aromatic carbocycles. The van der Waals surface area contributed by atoms with Gasteiger partial charge in [-0.2, -0.15) is 0 Å². The van der Waals surface area contributed by atoms with E-state index in [0.717, 1.165) is 12.8 Å². The van der Waals surface area contributed by atoms with E-state index in [1.54, 1.807) is 47.4 Å². The minimum Gasteiger partial charge on any atom is -0.486 e. The van der Waals surface area contributed by atoms with Gasteiger partial charge in [0.2, 0.25) is 5.91 Å². The average molecular weight is 401 g/mol. The summed E-state index contributed by atoms with van der Waals surface area (Å²) < 4.78 is 11.1. The van der Waals surface area contributed by atoms with Crippen molar-refractivity contribution in [3.63, 3.8) is 0 Å². The van der Waals surface area contributed by atoms with Crippen LogP contribution in [-0.4, -0.2) is 43.0 Å². The minimum absolute atomic E-state index is 0.0755. The highest BCUT2D eigenvalue weighted by Gasteiger charge is 2.29. The quantitative estimate of drug-likeness (QED) is 0.854. The molecule has 28 heavy (non-hydrogen) atoms. The SMILES string of the molecule is O=C(Nc1ccc2c(c1)OCCO2)[C@@H]1CCCN(C(=O)c2ccc(Cl)cc2)C1. The summed E-state index contributed by atoms with van der Waals surface area (Å²) in [4.78, 5) is 27.2. The Bertz CT molecular complexity index is 884. The zero-order valence-electron chi connectivity index (χ0n) is 15.3. The van der Waals surface area contributed by atoms with Crippen molar-refractivity contribution >= 4 is 29.1 Å². The van der Waals surface area contributed by atoms with Gasteiger partial charge in [-0.15, -0.1) is 0 Å². The molecule has 0 aliphatic carbocycles. The van der Waals surface area contributed by atoms with E-state index in [0.29, 0.717) is 54.1 Å². The number of piperidine rings is 1. The number of carbonyl (C=O) groups excluding carboxylic acids is 2. The molecule has 1 atom stereocenters. The second-order valence-electron chi connectivity index (χ2n) is 6.94. The third kappa shape index (κ3) is 4.07. The fourth-order valence-corrected chi connectivity index (χ4v) is 3.64. The number of fused-ring (bicyclic) bond motifs is 1. The van der Waals surface area contributed by atoms with Gasteiger partial charge in [0, 0.05) is 35.4 Å². The van der Waals surface area contributed by atoms with E-state index in [1.165, 1.54) is 0 Å². The lowest BCUT2D eigenvalue weighted by molar-refractivity contribution is -0.121. The van der Waals surface area contributed by atoms with Crippen LogP contribution in [0, 0.1) is 5.92 Å². The molecule has 4 rings (SSSR count). The van der Waals surface area contributed by atoms with Crippen molar-refractivity contribution in [1.29, 1.82) is 0 Å². The number of likely N-dealkylation sites (tertiary alicyclic amines) is 1. The van der Waals surface area contributed by atoms with Crippen LogP contribution in [0.3, 0.4) is 0 Å². The summed E-state index contributed by atoms with van der Waals surface area (Å²) in [6, 6.07) is 12.2. The van der Waals surface area contributed by atoms with Crippen molar-refractivity contribution in [2.45, 2.75) is 12.8 Å². The third-order valence-electron chi connectivity index (χ3n) is 4.98. The first-order valence-corrected chi connectivity index (χ1v) is 9.73. The molecular weight excluding hydrogens is 380 g/mol. The van der Waals surface area contributed by atoms with Gasteiger partial charge >= 0.3 is 0 Å². The molecule has 0 unspecified atom stereocenters. The van der Waals surface area contributed by atoms with Gasteiger partial charge in [-0.05, 0) is 49.2 Å². The molecule has 7 heteroatoms. The Hall–Kier alpha value is -2.73. The van der Waals surface area contributed by atoms with Crippen molar-refractivity contribution in [1.82, 2.24) is 4.90 Å². The Labute approximate surface area is 168 Å². The van der Waals surface area contributed by atoms with Gasteiger partial charge in [0.1, 0.15) is 13.2 Å². The highest BCUT2D eigenvalue weighted by Crippen LogP contribution is 2.33. The summed E-state index contributed by atoms with van der Waals surface area (Å²) in [5, 5.41) is 3.53. The van der Waals surface area contributed by atoms with Gasteiger partial charge < -0.3 is 19.7 Å². The van der Waals surface area contributed by atoms with Gasteiger partial charge in [0.15, 0.2) is 11.5 Å². The first-order chi connectivity index (χ1) is 13.6. The Balaban J connectivity index is 1.40. The zero-order valence-corrected chi connectivity index (χ0v) is 16.1.